The molecule has 4 nitrogen and oxygen atoms in total. The largest absolute Gasteiger partial charge is 0.493 e. The molecule has 0 bridgehead atoms. The van der Waals surface area contributed by atoms with Crippen molar-refractivity contribution in [3.8, 4) is 5.88 Å². The Kier molecular flexibility index (Phi) is 3.82. The predicted molar refractivity (Wildman–Crippen MR) is 66.3 cm³/mol. The molecule has 1 aromatic heterocycles. The molecule has 0 spiro atoms. The van der Waals surface area contributed by atoms with E-state index in [2.05, 4.69) is 9.97 Å². The molecule has 0 radical (unpaired) electrons. The van der Waals surface area contributed by atoms with Crippen LogP contribution in [-0.2, 0) is 6.42 Å². The molecule has 1 aliphatic rings. The Bertz CT molecular complexity index is 434. The highest BCUT2D eigenvalue weighted by atomic mass is 16.3. The Morgan fingerprint density at radius 1 is 1.35 bits per heavy atom. The van der Waals surface area contributed by atoms with Crippen molar-refractivity contribution in [2.75, 3.05) is 0 Å². The first-order chi connectivity index (χ1) is 8.22. The van der Waals surface area contributed by atoms with Crippen molar-refractivity contribution in [1.82, 2.24) is 9.97 Å². The van der Waals surface area contributed by atoms with Gasteiger partial charge in [0, 0.05) is 5.92 Å². The number of rotatable bonds is 3. The van der Waals surface area contributed by atoms with Crippen molar-refractivity contribution in [3.63, 3.8) is 0 Å². The van der Waals surface area contributed by atoms with Crippen LogP contribution in [0.15, 0.2) is 4.79 Å². The number of nitrogens with one attached hydrogen (secondary N) is 1. The van der Waals surface area contributed by atoms with Crippen molar-refractivity contribution in [2.45, 2.75) is 57.8 Å². The fourth-order valence-electron chi connectivity index (χ4n) is 2.55. The molecule has 0 saturated heterocycles. The van der Waals surface area contributed by atoms with E-state index in [1.165, 1.54) is 19.3 Å². The standard InChI is InChI=1S/C13H20N2O2/c1-2-6-10-12(16)14-11(15-13(10)17)9-7-4-3-5-8-9/h9H,2-8H2,1H3,(H2,14,15,16,17). The SMILES string of the molecule is CCCc1c(O)nc(C2CCCCC2)[nH]c1=O. The molecular weight excluding hydrogens is 216 g/mol. The smallest absolute Gasteiger partial charge is 0.257 e. The van der Waals surface area contributed by atoms with Crippen molar-refractivity contribution < 1.29 is 5.11 Å². The summed E-state index contributed by atoms with van der Waals surface area (Å²) in [5, 5.41) is 9.80. The topological polar surface area (TPSA) is 66.0 Å². The van der Waals surface area contributed by atoms with Gasteiger partial charge < -0.3 is 10.1 Å². The number of aromatic amines is 1. The van der Waals surface area contributed by atoms with Gasteiger partial charge in [-0.15, -0.1) is 0 Å². The van der Waals surface area contributed by atoms with Crippen LogP contribution in [0.3, 0.4) is 0 Å². The van der Waals surface area contributed by atoms with Crippen molar-refractivity contribution in [2.24, 2.45) is 0 Å². The lowest BCUT2D eigenvalue weighted by atomic mass is 9.88. The Morgan fingerprint density at radius 3 is 2.65 bits per heavy atom. The second-order valence-electron chi connectivity index (χ2n) is 4.84. The first-order valence-corrected chi connectivity index (χ1v) is 6.54. The van der Waals surface area contributed by atoms with Crippen LogP contribution in [-0.4, -0.2) is 15.1 Å². The highest BCUT2D eigenvalue weighted by molar-refractivity contribution is 5.23. The fourth-order valence-corrected chi connectivity index (χ4v) is 2.55. The van der Waals surface area contributed by atoms with E-state index < -0.39 is 0 Å². The molecular formula is C13H20N2O2. The lowest BCUT2D eigenvalue weighted by Gasteiger charge is -2.20. The Hall–Kier alpha value is -1.32. The molecule has 1 fully saturated rings. The highest BCUT2D eigenvalue weighted by Gasteiger charge is 2.20. The van der Waals surface area contributed by atoms with Gasteiger partial charge in [-0.25, -0.2) is 0 Å². The summed E-state index contributed by atoms with van der Waals surface area (Å²) in [5.41, 5.74) is 0.256. The average molecular weight is 236 g/mol. The summed E-state index contributed by atoms with van der Waals surface area (Å²) in [7, 11) is 0. The molecule has 2 rings (SSSR count). The molecule has 94 valence electrons. The van der Waals surface area contributed by atoms with Gasteiger partial charge in [-0.05, 0) is 19.3 Å². The normalized spacial score (nSPS) is 17.2. The van der Waals surface area contributed by atoms with Gasteiger partial charge in [0.05, 0.1) is 5.56 Å². The molecule has 17 heavy (non-hydrogen) atoms. The lowest BCUT2D eigenvalue weighted by molar-refractivity contribution is 0.405. The van der Waals surface area contributed by atoms with Gasteiger partial charge in [-0.1, -0.05) is 32.6 Å². The second kappa shape index (κ2) is 5.34. The summed E-state index contributed by atoms with van der Waals surface area (Å²) in [6, 6.07) is 0. The van der Waals surface area contributed by atoms with Crippen molar-refractivity contribution in [3.05, 3.63) is 21.7 Å². The Balaban J connectivity index is 2.27. The highest BCUT2D eigenvalue weighted by Crippen LogP contribution is 2.30. The van der Waals surface area contributed by atoms with Crippen LogP contribution in [0.5, 0.6) is 5.88 Å². The van der Waals surface area contributed by atoms with E-state index in [0.29, 0.717) is 23.7 Å². The first-order valence-electron chi connectivity index (χ1n) is 6.54. The summed E-state index contributed by atoms with van der Waals surface area (Å²) in [6.45, 7) is 1.98. The van der Waals surface area contributed by atoms with Crippen LogP contribution in [0.2, 0.25) is 0 Å². The monoisotopic (exact) mass is 236 g/mol. The first kappa shape index (κ1) is 12.1. The van der Waals surface area contributed by atoms with Crippen LogP contribution in [0.1, 0.15) is 62.8 Å². The maximum Gasteiger partial charge on any atom is 0.257 e. The summed E-state index contributed by atoms with van der Waals surface area (Å²) in [6.07, 6.45) is 7.18. The molecule has 4 heteroatoms. The molecule has 1 saturated carbocycles. The van der Waals surface area contributed by atoms with E-state index >= 15 is 0 Å². The molecule has 2 N–H and O–H groups in total. The van der Waals surface area contributed by atoms with E-state index in [1.807, 2.05) is 6.92 Å². The third kappa shape index (κ3) is 2.68. The zero-order chi connectivity index (χ0) is 12.3. The summed E-state index contributed by atoms with van der Waals surface area (Å²) in [5.74, 6) is 0.918. The molecule has 1 heterocycles. The fraction of sp³-hybridized carbons (Fsp3) is 0.692. The van der Waals surface area contributed by atoms with Crippen LogP contribution in [0, 0.1) is 0 Å². The number of hydrogen-bond donors (Lipinski definition) is 2. The van der Waals surface area contributed by atoms with Crippen molar-refractivity contribution in [1.29, 1.82) is 0 Å². The van der Waals surface area contributed by atoms with Crippen LogP contribution in [0.4, 0.5) is 0 Å². The zero-order valence-electron chi connectivity index (χ0n) is 10.3. The Morgan fingerprint density at radius 2 is 2.06 bits per heavy atom. The number of hydrogen-bond acceptors (Lipinski definition) is 3. The van der Waals surface area contributed by atoms with E-state index in [1.54, 1.807) is 0 Å². The third-order valence-corrected chi connectivity index (χ3v) is 3.50. The third-order valence-electron chi connectivity index (χ3n) is 3.50. The Labute approximate surface area is 101 Å². The second-order valence-corrected chi connectivity index (χ2v) is 4.84. The molecule has 0 aliphatic heterocycles. The minimum atomic E-state index is -0.167. The van der Waals surface area contributed by atoms with Gasteiger partial charge in [-0.2, -0.15) is 4.98 Å². The summed E-state index contributed by atoms with van der Waals surface area (Å²) < 4.78 is 0. The molecule has 0 amide bonds. The lowest BCUT2D eigenvalue weighted by Crippen LogP contribution is -2.19. The van der Waals surface area contributed by atoms with Crippen LogP contribution >= 0.6 is 0 Å². The van der Waals surface area contributed by atoms with Gasteiger partial charge in [0.15, 0.2) is 0 Å². The predicted octanol–water partition coefficient (Wildman–Crippen LogP) is 2.48. The van der Waals surface area contributed by atoms with Gasteiger partial charge in [-0.3, -0.25) is 4.79 Å². The summed E-state index contributed by atoms with van der Waals surface area (Å²) in [4.78, 5) is 18.9. The number of nitrogens with zero attached hydrogens (tertiary/aromatic N) is 1. The molecule has 1 aromatic rings. The van der Waals surface area contributed by atoms with Gasteiger partial charge in [0.1, 0.15) is 5.82 Å². The number of aromatic hydroxyl groups is 1. The molecule has 0 atom stereocenters. The number of aromatic nitrogens is 2. The average Bonchev–Trinajstić information content (AvgIpc) is 2.35. The zero-order valence-corrected chi connectivity index (χ0v) is 10.3. The molecule has 0 unspecified atom stereocenters. The van der Waals surface area contributed by atoms with Crippen molar-refractivity contribution >= 4 is 0 Å². The quantitative estimate of drug-likeness (QED) is 0.847. The van der Waals surface area contributed by atoms with Crippen LogP contribution in [0.25, 0.3) is 0 Å². The molecule has 1 aliphatic carbocycles. The maximum atomic E-state index is 11.8. The minimum Gasteiger partial charge on any atom is -0.493 e. The van der Waals surface area contributed by atoms with Crippen LogP contribution < -0.4 is 5.56 Å². The van der Waals surface area contributed by atoms with E-state index in [0.717, 1.165) is 19.3 Å². The van der Waals surface area contributed by atoms with E-state index in [4.69, 9.17) is 0 Å². The molecule has 0 aromatic carbocycles. The minimum absolute atomic E-state index is 0.0730. The maximum absolute atomic E-state index is 11.8. The van der Waals surface area contributed by atoms with E-state index in [9.17, 15) is 9.90 Å². The summed E-state index contributed by atoms with van der Waals surface area (Å²) >= 11 is 0. The van der Waals surface area contributed by atoms with Gasteiger partial charge >= 0.3 is 0 Å². The van der Waals surface area contributed by atoms with E-state index in [-0.39, 0.29) is 11.4 Å². The van der Waals surface area contributed by atoms with Gasteiger partial charge in [0.2, 0.25) is 5.88 Å². The van der Waals surface area contributed by atoms with Gasteiger partial charge in [0.25, 0.3) is 5.56 Å². The number of H-pyrrole nitrogens is 1.